The number of aromatic hydroxyl groups is 1. The van der Waals surface area contributed by atoms with Crippen LogP contribution in [0.15, 0.2) is 72.8 Å². The molecule has 1 amide bonds. The Balaban J connectivity index is 1.38. The second-order valence-corrected chi connectivity index (χ2v) is 6.84. The summed E-state index contributed by atoms with van der Waals surface area (Å²) >= 11 is 0. The summed E-state index contributed by atoms with van der Waals surface area (Å²) in [5.74, 6) is 0.287. The lowest BCUT2D eigenvalue weighted by Gasteiger charge is -2.26. The predicted octanol–water partition coefficient (Wildman–Crippen LogP) is 4.27. The van der Waals surface area contributed by atoms with E-state index in [-0.39, 0.29) is 11.7 Å². The summed E-state index contributed by atoms with van der Waals surface area (Å²) < 4.78 is 0. The highest BCUT2D eigenvalue weighted by Crippen LogP contribution is 2.25. The summed E-state index contributed by atoms with van der Waals surface area (Å²) in [5, 5.41) is 14.6. The van der Waals surface area contributed by atoms with Crippen molar-refractivity contribution in [2.24, 2.45) is 0 Å². The lowest BCUT2D eigenvalue weighted by molar-refractivity contribution is -0.117. The van der Waals surface area contributed by atoms with Crippen molar-refractivity contribution >= 4 is 27.9 Å². The Kier molecular flexibility index (Phi) is 4.90. The van der Waals surface area contributed by atoms with E-state index in [0.29, 0.717) is 6.54 Å². The number of hydrogen-bond donors (Lipinski definition) is 2. The molecule has 27 heavy (non-hydrogen) atoms. The summed E-state index contributed by atoms with van der Waals surface area (Å²) in [4.78, 5) is 14.7. The van der Waals surface area contributed by atoms with Crippen LogP contribution in [0.2, 0.25) is 0 Å². The molecule has 4 rings (SSSR count). The maximum Gasteiger partial charge on any atom is 0.238 e. The van der Waals surface area contributed by atoms with Gasteiger partial charge in [0.15, 0.2) is 0 Å². The second kappa shape index (κ2) is 7.64. The normalized spacial score (nSPS) is 14.7. The van der Waals surface area contributed by atoms with Crippen molar-refractivity contribution in [2.75, 3.05) is 25.0 Å². The zero-order chi connectivity index (χ0) is 18.6. The maximum absolute atomic E-state index is 12.5. The van der Waals surface area contributed by atoms with Gasteiger partial charge < -0.3 is 10.4 Å². The number of fused-ring (bicyclic) bond motifs is 1. The number of phenols is 1. The fourth-order valence-electron chi connectivity index (χ4n) is 3.52. The zero-order valence-corrected chi connectivity index (χ0v) is 15.1. The highest BCUT2D eigenvalue weighted by Gasteiger charge is 2.16. The summed E-state index contributed by atoms with van der Waals surface area (Å²) in [6.07, 6.45) is 3.06. The Morgan fingerprint density at radius 2 is 1.78 bits per heavy atom. The first-order chi connectivity index (χ1) is 13.2. The van der Waals surface area contributed by atoms with E-state index in [1.54, 1.807) is 12.1 Å². The minimum absolute atomic E-state index is 0.00726. The lowest BCUT2D eigenvalue weighted by atomic mass is 9.99. The summed E-state index contributed by atoms with van der Waals surface area (Å²) in [6.45, 7) is 1.97. The molecule has 0 fully saturated rings. The Morgan fingerprint density at radius 1 is 1.00 bits per heavy atom. The third kappa shape index (κ3) is 4.01. The van der Waals surface area contributed by atoms with Gasteiger partial charge >= 0.3 is 0 Å². The van der Waals surface area contributed by atoms with Crippen molar-refractivity contribution < 1.29 is 9.90 Å². The Morgan fingerprint density at radius 3 is 2.56 bits per heavy atom. The maximum atomic E-state index is 12.5. The van der Waals surface area contributed by atoms with Crippen molar-refractivity contribution in [3.05, 3.63) is 78.4 Å². The first-order valence-corrected chi connectivity index (χ1v) is 9.17. The third-order valence-corrected chi connectivity index (χ3v) is 4.96. The van der Waals surface area contributed by atoms with Crippen LogP contribution in [0.3, 0.4) is 0 Å². The molecule has 0 radical (unpaired) electrons. The molecule has 1 aliphatic heterocycles. The number of benzene rings is 3. The number of carbonyl (C=O) groups is 1. The van der Waals surface area contributed by atoms with Crippen LogP contribution in [-0.2, 0) is 4.79 Å². The first kappa shape index (κ1) is 17.3. The fraction of sp³-hybridized carbons (Fsp3) is 0.174. The van der Waals surface area contributed by atoms with E-state index in [4.69, 9.17) is 0 Å². The van der Waals surface area contributed by atoms with Crippen LogP contribution >= 0.6 is 0 Å². The van der Waals surface area contributed by atoms with Crippen LogP contribution in [0.25, 0.3) is 16.3 Å². The van der Waals surface area contributed by atoms with Gasteiger partial charge in [0.1, 0.15) is 5.75 Å². The first-order valence-electron chi connectivity index (χ1n) is 9.17. The zero-order valence-electron chi connectivity index (χ0n) is 15.1. The fourth-order valence-corrected chi connectivity index (χ4v) is 3.52. The van der Waals surface area contributed by atoms with Crippen LogP contribution in [-0.4, -0.2) is 35.5 Å². The van der Waals surface area contributed by atoms with Crippen molar-refractivity contribution in [3.63, 3.8) is 0 Å². The molecule has 2 N–H and O–H groups in total. The largest absolute Gasteiger partial charge is 0.508 e. The standard InChI is InChI=1S/C23H22N2O2/c26-20-10-8-17(9-11-20)18-12-14-25(15-13-18)16-23(27)24-22-7-3-5-19-4-1-2-6-21(19)22/h1-12,26H,13-16H2,(H,24,27). The Hall–Kier alpha value is -3.11. The van der Waals surface area contributed by atoms with Gasteiger partial charge in [0, 0.05) is 24.2 Å². The molecule has 0 saturated heterocycles. The minimum Gasteiger partial charge on any atom is -0.508 e. The molecule has 0 bridgehead atoms. The second-order valence-electron chi connectivity index (χ2n) is 6.84. The Labute approximate surface area is 158 Å². The topological polar surface area (TPSA) is 52.6 Å². The van der Waals surface area contributed by atoms with Gasteiger partial charge in [0.25, 0.3) is 0 Å². The number of carbonyl (C=O) groups excluding carboxylic acids is 1. The molecule has 3 aromatic rings. The average molecular weight is 358 g/mol. The van der Waals surface area contributed by atoms with Gasteiger partial charge in [-0.25, -0.2) is 0 Å². The molecular formula is C23H22N2O2. The molecule has 136 valence electrons. The van der Waals surface area contributed by atoms with Gasteiger partial charge in [0.05, 0.1) is 6.54 Å². The molecule has 1 heterocycles. The molecule has 3 aromatic carbocycles. The van der Waals surface area contributed by atoms with E-state index in [1.807, 2.05) is 54.6 Å². The lowest BCUT2D eigenvalue weighted by Crippen LogP contribution is -2.36. The minimum atomic E-state index is 0.00726. The van der Waals surface area contributed by atoms with Gasteiger partial charge in [-0.15, -0.1) is 0 Å². The SMILES string of the molecule is O=C(CN1CC=C(c2ccc(O)cc2)CC1)Nc1cccc2ccccc12. The number of nitrogens with zero attached hydrogens (tertiary/aromatic N) is 1. The van der Waals surface area contributed by atoms with Crippen LogP contribution in [0.1, 0.15) is 12.0 Å². The van der Waals surface area contributed by atoms with Crippen molar-refractivity contribution in [2.45, 2.75) is 6.42 Å². The average Bonchev–Trinajstić information content (AvgIpc) is 2.69. The highest BCUT2D eigenvalue weighted by molar-refractivity contribution is 6.02. The van der Waals surface area contributed by atoms with E-state index in [9.17, 15) is 9.90 Å². The van der Waals surface area contributed by atoms with Crippen LogP contribution < -0.4 is 5.32 Å². The van der Waals surface area contributed by atoms with Crippen molar-refractivity contribution in [1.82, 2.24) is 4.90 Å². The molecule has 4 nitrogen and oxygen atoms in total. The predicted molar refractivity (Wildman–Crippen MR) is 110 cm³/mol. The highest BCUT2D eigenvalue weighted by atomic mass is 16.3. The number of amides is 1. The van der Waals surface area contributed by atoms with Gasteiger partial charge in [-0.3, -0.25) is 9.69 Å². The number of rotatable bonds is 4. The quantitative estimate of drug-likeness (QED) is 0.732. The molecule has 0 spiro atoms. The van der Waals surface area contributed by atoms with Crippen LogP contribution in [0, 0.1) is 0 Å². The van der Waals surface area contributed by atoms with Gasteiger partial charge in [-0.05, 0) is 41.1 Å². The van der Waals surface area contributed by atoms with Gasteiger partial charge in [-0.1, -0.05) is 54.6 Å². The number of anilines is 1. The van der Waals surface area contributed by atoms with Crippen LogP contribution in [0.4, 0.5) is 5.69 Å². The number of phenolic OH excluding ortho intramolecular Hbond substituents is 1. The molecule has 0 aromatic heterocycles. The molecule has 4 heteroatoms. The summed E-state index contributed by atoms with van der Waals surface area (Å²) in [5.41, 5.74) is 3.25. The smallest absolute Gasteiger partial charge is 0.238 e. The number of nitrogens with one attached hydrogen (secondary N) is 1. The molecular weight excluding hydrogens is 336 g/mol. The van der Waals surface area contributed by atoms with Crippen LogP contribution in [0.5, 0.6) is 5.75 Å². The van der Waals surface area contributed by atoms with Gasteiger partial charge in [0.2, 0.25) is 5.91 Å². The molecule has 0 atom stereocenters. The van der Waals surface area contributed by atoms with Crippen molar-refractivity contribution in [3.8, 4) is 5.75 Å². The third-order valence-electron chi connectivity index (χ3n) is 4.96. The molecule has 0 aliphatic carbocycles. The summed E-state index contributed by atoms with van der Waals surface area (Å²) in [6, 6.07) is 21.3. The van der Waals surface area contributed by atoms with E-state index >= 15 is 0 Å². The Bertz CT molecular complexity index is 987. The summed E-state index contributed by atoms with van der Waals surface area (Å²) in [7, 11) is 0. The van der Waals surface area contributed by atoms with E-state index in [2.05, 4.69) is 16.3 Å². The molecule has 0 saturated carbocycles. The van der Waals surface area contributed by atoms with E-state index in [1.165, 1.54) is 5.57 Å². The van der Waals surface area contributed by atoms with Crippen molar-refractivity contribution in [1.29, 1.82) is 0 Å². The number of hydrogen-bond acceptors (Lipinski definition) is 3. The monoisotopic (exact) mass is 358 g/mol. The van der Waals surface area contributed by atoms with Gasteiger partial charge in [-0.2, -0.15) is 0 Å². The molecule has 0 unspecified atom stereocenters. The van der Waals surface area contributed by atoms with E-state index in [0.717, 1.165) is 41.5 Å². The molecule has 1 aliphatic rings. The van der Waals surface area contributed by atoms with E-state index < -0.39 is 0 Å².